The molecule has 92 valence electrons. The van der Waals surface area contributed by atoms with E-state index >= 15 is 0 Å². The molecule has 6 heteroatoms. The van der Waals surface area contributed by atoms with Crippen LogP contribution in [0, 0.1) is 0 Å². The number of hydrogen-bond donors (Lipinski definition) is 2. The van der Waals surface area contributed by atoms with E-state index in [9.17, 15) is 9.59 Å². The lowest BCUT2D eigenvalue weighted by Gasteiger charge is -1.90. The average Bonchev–Trinajstić information content (AvgIpc) is 2.66. The summed E-state index contributed by atoms with van der Waals surface area (Å²) in [7, 11) is 0. The molecule has 0 bridgehead atoms. The van der Waals surface area contributed by atoms with Crippen molar-refractivity contribution in [3.05, 3.63) is 35.7 Å². The molecule has 0 aliphatic heterocycles. The molecule has 18 heavy (non-hydrogen) atoms. The second kappa shape index (κ2) is 4.70. The van der Waals surface area contributed by atoms with Crippen molar-refractivity contribution >= 4 is 29.1 Å². The number of carbonyl (C=O) groups is 2. The van der Waals surface area contributed by atoms with Crippen LogP contribution in [0.25, 0.3) is 17.2 Å². The van der Waals surface area contributed by atoms with Crippen molar-refractivity contribution in [3.63, 3.8) is 0 Å². The Balaban J connectivity index is 2.33. The molecule has 2 aromatic rings. The van der Waals surface area contributed by atoms with Crippen LogP contribution in [0.4, 0.5) is 0 Å². The molecule has 0 saturated heterocycles. The Hall–Kier alpha value is -2.63. The number of aromatic nitrogens is 1. The third kappa shape index (κ3) is 2.73. The van der Waals surface area contributed by atoms with Gasteiger partial charge < -0.3 is 14.6 Å². The third-order valence-electron chi connectivity index (χ3n) is 2.18. The molecular weight excluding hydrogens is 238 g/mol. The third-order valence-corrected chi connectivity index (χ3v) is 2.18. The van der Waals surface area contributed by atoms with Gasteiger partial charge in [-0.1, -0.05) is 6.07 Å². The molecule has 0 aliphatic carbocycles. The van der Waals surface area contributed by atoms with Gasteiger partial charge in [0.15, 0.2) is 5.58 Å². The molecule has 0 spiro atoms. The van der Waals surface area contributed by atoms with Crippen LogP contribution in [0.2, 0.25) is 0 Å². The van der Waals surface area contributed by atoms with Gasteiger partial charge in [-0.15, -0.1) is 0 Å². The number of carboxylic acid groups (broad SMARTS) is 2. The first kappa shape index (κ1) is 11.8. The molecule has 0 atom stereocenters. The van der Waals surface area contributed by atoms with Crippen molar-refractivity contribution in [2.45, 2.75) is 6.42 Å². The van der Waals surface area contributed by atoms with E-state index < -0.39 is 11.9 Å². The normalized spacial score (nSPS) is 11.1. The molecule has 0 unspecified atom stereocenters. The van der Waals surface area contributed by atoms with E-state index in [1.165, 1.54) is 6.08 Å². The van der Waals surface area contributed by atoms with Gasteiger partial charge in [0, 0.05) is 6.08 Å². The molecule has 1 aromatic carbocycles. The predicted octanol–water partition coefficient (Wildman–Crippen LogP) is 1.55. The average molecular weight is 247 g/mol. The minimum atomic E-state index is -1.04. The van der Waals surface area contributed by atoms with Gasteiger partial charge in [-0.3, -0.25) is 4.79 Å². The van der Waals surface area contributed by atoms with Crippen LogP contribution in [-0.2, 0) is 16.0 Å². The summed E-state index contributed by atoms with van der Waals surface area (Å²) in [4.78, 5) is 24.9. The topological polar surface area (TPSA) is 101 Å². The molecule has 0 saturated carbocycles. The summed E-state index contributed by atoms with van der Waals surface area (Å²) in [6.07, 6.45) is 2.15. The second-order valence-corrected chi connectivity index (χ2v) is 3.58. The first-order chi connectivity index (χ1) is 8.54. The number of hydrogen-bond acceptors (Lipinski definition) is 4. The highest BCUT2D eigenvalue weighted by molar-refractivity contribution is 5.86. The number of rotatable bonds is 4. The van der Waals surface area contributed by atoms with Crippen molar-refractivity contribution in [1.29, 1.82) is 0 Å². The number of benzene rings is 1. The zero-order valence-electron chi connectivity index (χ0n) is 9.16. The van der Waals surface area contributed by atoms with Gasteiger partial charge in [0.05, 0.1) is 0 Å². The fourth-order valence-electron chi connectivity index (χ4n) is 1.47. The quantitative estimate of drug-likeness (QED) is 0.795. The van der Waals surface area contributed by atoms with Crippen LogP contribution in [0.15, 0.2) is 28.7 Å². The molecule has 0 aliphatic rings. The van der Waals surface area contributed by atoms with Gasteiger partial charge in [0.25, 0.3) is 0 Å². The van der Waals surface area contributed by atoms with E-state index in [0.29, 0.717) is 16.7 Å². The van der Waals surface area contributed by atoms with Gasteiger partial charge >= 0.3 is 11.9 Å². The largest absolute Gasteiger partial charge is 0.481 e. The highest BCUT2D eigenvalue weighted by Crippen LogP contribution is 2.18. The lowest BCUT2D eigenvalue weighted by Crippen LogP contribution is -1.99. The highest BCUT2D eigenvalue weighted by Gasteiger charge is 2.09. The van der Waals surface area contributed by atoms with Crippen LogP contribution in [0.5, 0.6) is 0 Å². The van der Waals surface area contributed by atoms with Gasteiger partial charge in [-0.2, -0.15) is 0 Å². The Labute approximate surface area is 101 Å². The Morgan fingerprint density at radius 1 is 1.33 bits per heavy atom. The molecule has 0 radical (unpaired) electrons. The van der Waals surface area contributed by atoms with E-state index in [2.05, 4.69) is 4.98 Å². The maximum atomic E-state index is 10.5. The lowest BCUT2D eigenvalue weighted by atomic mass is 10.2. The first-order valence-corrected chi connectivity index (χ1v) is 5.07. The molecule has 2 rings (SSSR count). The molecule has 2 N–H and O–H groups in total. The number of nitrogens with zero attached hydrogens (tertiary/aromatic N) is 1. The Kier molecular flexibility index (Phi) is 3.09. The van der Waals surface area contributed by atoms with Crippen LogP contribution in [0.3, 0.4) is 0 Å². The van der Waals surface area contributed by atoms with E-state index in [1.54, 1.807) is 18.2 Å². The number of oxazole rings is 1. The molecule has 1 heterocycles. The molecule has 1 aromatic heterocycles. The molecule has 0 amide bonds. The number of aliphatic carboxylic acids is 2. The monoisotopic (exact) mass is 247 g/mol. The summed E-state index contributed by atoms with van der Waals surface area (Å²) in [6, 6.07) is 4.91. The minimum Gasteiger partial charge on any atom is -0.481 e. The van der Waals surface area contributed by atoms with Crippen molar-refractivity contribution in [1.82, 2.24) is 4.98 Å². The van der Waals surface area contributed by atoms with Crippen LogP contribution in [-0.4, -0.2) is 27.1 Å². The van der Waals surface area contributed by atoms with Gasteiger partial charge in [0.1, 0.15) is 11.9 Å². The molecular formula is C12H9NO5. The predicted molar refractivity (Wildman–Crippen MR) is 62.0 cm³/mol. The van der Waals surface area contributed by atoms with Gasteiger partial charge in [0.2, 0.25) is 5.89 Å². The van der Waals surface area contributed by atoms with E-state index in [0.717, 1.165) is 6.08 Å². The maximum Gasteiger partial charge on any atom is 0.328 e. The Bertz CT molecular complexity index is 641. The first-order valence-electron chi connectivity index (χ1n) is 5.07. The van der Waals surface area contributed by atoms with Crippen molar-refractivity contribution in [3.8, 4) is 0 Å². The van der Waals surface area contributed by atoms with Crippen molar-refractivity contribution in [2.24, 2.45) is 0 Å². The van der Waals surface area contributed by atoms with E-state index in [4.69, 9.17) is 14.6 Å². The SMILES string of the molecule is O=C(O)/C=C/c1ccc2oc(CC(=O)O)nc2c1. The van der Waals surface area contributed by atoms with Gasteiger partial charge in [-0.05, 0) is 23.8 Å². The smallest absolute Gasteiger partial charge is 0.328 e. The standard InChI is InChI=1S/C12H9NO5/c14-11(15)4-2-7-1-3-9-8(5-7)13-10(18-9)6-12(16)17/h1-5H,6H2,(H,14,15)(H,16,17)/b4-2+. The zero-order chi connectivity index (χ0) is 13.1. The van der Waals surface area contributed by atoms with E-state index in [-0.39, 0.29) is 12.3 Å². The van der Waals surface area contributed by atoms with Crippen LogP contribution < -0.4 is 0 Å². The minimum absolute atomic E-state index is 0.122. The number of carboxylic acids is 2. The Morgan fingerprint density at radius 2 is 2.11 bits per heavy atom. The summed E-state index contributed by atoms with van der Waals surface area (Å²) in [5.74, 6) is -1.94. The summed E-state index contributed by atoms with van der Waals surface area (Å²) >= 11 is 0. The summed E-state index contributed by atoms with van der Waals surface area (Å²) < 4.78 is 5.23. The van der Waals surface area contributed by atoms with Crippen molar-refractivity contribution in [2.75, 3.05) is 0 Å². The summed E-state index contributed by atoms with van der Waals surface area (Å²) in [5, 5.41) is 17.1. The fraction of sp³-hybridized carbons (Fsp3) is 0.0833. The lowest BCUT2D eigenvalue weighted by molar-refractivity contribution is -0.136. The summed E-state index contributed by atoms with van der Waals surface area (Å²) in [6.45, 7) is 0. The zero-order valence-corrected chi connectivity index (χ0v) is 9.16. The molecule has 6 nitrogen and oxygen atoms in total. The van der Waals surface area contributed by atoms with Crippen molar-refractivity contribution < 1.29 is 24.2 Å². The summed E-state index contributed by atoms with van der Waals surface area (Å²) in [5.41, 5.74) is 1.62. The fourth-order valence-corrected chi connectivity index (χ4v) is 1.47. The molecule has 0 fully saturated rings. The van der Waals surface area contributed by atoms with Crippen LogP contribution >= 0.6 is 0 Å². The van der Waals surface area contributed by atoms with E-state index in [1.807, 2.05) is 0 Å². The maximum absolute atomic E-state index is 10.5. The second-order valence-electron chi connectivity index (χ2n) is 3.58. The highest BCUT2D eigenvalue weighted by atomic mass is 16.4. The Morgan fingerprint density at radius 3 is 2.78 bits per heavy atom. The van der Waals surface area contributed by atoms with Crippen LogP contribution in [0.1, 0.15) is 11.5 Å². The number of fused-ring (bicyclic) bond motifs is 1. The van der Waals surface area contributed by atoms with Gasteiger partial charge in [-0.25, -0.2) is 9.78 Å².